The van der Waals surface area contributed by atoms with E-state index < -0.39 is 11.5 Å². The minimum atomic E-state index is -1.22. The van der Waals surface area contributed by atoms with Crippen molar-refractivity contribution < 1.29 is 19.1 Å². The van der Waals surface area contributed by atoms with Crippen LogP contribution >= 0.6 is 0 Å². The quantitative estimate of drug-likeness (QED) is 0.687. The van der Waals surface area contributed by atoms with Gasteiger partial charge >= 0.3 is 5.97 Å². The largest absolute Gasteiger partial charge is 0.461 e. The summed E-state index contributed by atoms with van der Waals surface area (Å²) in [5, 5.41) is 7.25. The predicted octanol–water partition coefficient (Wildman–Crippen LogP) is 2.95. The van der Waals surface area contributed by atoms with E-state index in [0.717, 1.165) is 12.0 Å². The molecule has 2 aromatic rings. The van der Waals surface area contributed by atoms with Crippen LogP contribution in [-0.4, -0.2) is 46.3 Å². The second kappa shape index (κ2) is 8.91. The predicted molar refractivity (Wildman–Crippen MR) is 117 cm³/mol. The van der Waals surface area contributed by atoms with Crippen LogP contribution in [0.15, 0.2) is 30.3 Å². The zero-order valence-electron chi connectivity index (χ0n) is 18.8. The molecule has 0 spiro atoms. The standard InChI is InChI=1S/C23H30N4O4/c1-6-31-21(29)17-13-19-20(28)27(18-10-8-7-9-16(18)4)23(5,14-26(19)25-17)22(30)24-12-11-15(2)3/h7-10,13,15H,6,11-12,14H2,1-5H3,(H,24,30)/t23-/m1/s1. The number of benzene rings is 1. The number of anilines is 1. The molecule has 1 aliphatic heterocycles. The van der Waals surface area contributed by atoms with Gasteiger partial charge in [0, 0.05) is 18.3 Å². The second-order valence-electron chi connectivity index (χ2n) is 8.43. The van der Waals surface area contributed by atoms with Crippen molar-refractivity contribution in [2.45, 2.75) is 53.1 Å². The molecule has 1 atom stereocenters. The number of fused-ring (bicyclic) bond motifs is 1. The molecule has 166 valence electrons. The second-order valence-corrected chi connectivity index (χ2v) is 8.43. The van der Waals surface area contributed by atoms with E-state index in [9.17, 15) is 14.4 Å². The van der Waals surface area contributed by atoms with Crippen molar-refractivity contribution in [2.75, 3.05) is 18.1 Å². The summed E-state index contributed by atoms with van der Waals surface area (Å²) < 4.78 is 6.46. The van der Waals surface area contributed by atoms with Crippen molar-refractivity contribution in [1.82, 2.24) is 15.1 Å². The maximum absolute atomic E-state index is 13.6. The molecule has 0 fully saturated rings. The Labute approximate surface area is 182 Å². The summed E-state index contributed by atoms with van der Waals surface area (Å²) >= 11 is 0. The maximum Gasteiger partial charge on any atom is 0.358 e. The molecule has 0 saturated carbocycles. The molecule has 8 heteroatoms. The average molecular weight is 427 g/mol. The Morgan fingerprint density at radius 3 is 2.65 bits per heavy atom. The SMILES string of the molecule is CCOC(=O)c1cc2n(n1)C[C@](C)(C(=O)NCCC(C)C)N(c1ccccc1C)C2=O. The first-order valence-electron chi connectivity index (χ1n) is 10.6. The van der Waals surface area contributed by atoms with Crippen molar-refractivity contribution in [3.05, 3.63) is 47.3 Å². The number of para-hydroxylation sites is 1. The zero-order chi connectivity index (χ0) is 22.8. The van der Waals surface area contributed by atoms with Crippen LogP contribution < -0.4 is 10.2 Å². The first-order valence-corrected chi connectivity index (χ1v) is 10.6. The van der Waals surface area contributed by atoms with Gasteiger partial charge in [0.1, 0.15) is 11.2 Å². The van der Waals surface area contributed by atoms with Crippen molar-refractivity contribution in [1.29, 1.82) is 0 Å². The van der Waals surface area contributed by atoms with Gasteiger partial charge in [-0.25, -0.2) is 4.79 Å². The van der Waals surface area contributed by atoms with E-state index in [2.05, 4.69) is 24.3 Å². The number of aryl methyl sites for hydroxylation is 1. The number of hydrogen-bond acceptors (Lipinski definition) is 5. The summed E-state index contributed by atoms with van der Waals surface area (Å²) in [4.78, 5) is 40.7. The summed E-state index contributed by atoms with van der Waals surface area (Å²) in [6.45, 7) is 10.4. The van der Waals surface area contributed by atoms with Crippen molar-refractivity contribution in [3.8, 4) is 0 Å². The Kier molecular flexibility index (Phi) is 6.48. The minimum Gasteiger partial charge on any atom is -0.461 e. The van der Waals surface area contributed by atoms with E-state index in [1.807, 2.05) is 31.2 Å². The van der Waals surface area contributed by atoms with Crippen LogP contribution in [0.3, 0.4) is 0 Å². The number of nitrogens with zero attached hydrogens (tertiary/aromatic N) is 3. The lowest BCUT2D eigenvalue weighted by molar-refractivity contribution is -0.126. The monoisotopic (exact) mass is 426 g/mol. The van der Waals surface area contributed by atoms with Crippen LogP contribution in [0.5, 0.6) is 0 Å². The van der Waals surface area contributed by atoms with Crippen LogP contribution in [-0.2, 0) is 16.1 Å². The first kappa shape index (κ1) is 22.5. The van der Waals surface area contributed by atoms with E-state index in [4.69, 9.17) is 4.74 Å². The van der Waals surface area contributed by atoms with Crippen molar-refractivity contribution in [2.24, 2.45) is 5.92 Å². The molecule has 8 nitrogen and oxygen atoms in total. The van der Waals surface area contributed by atoms with E-state index in [1.165, 1.54) is 15.6 Å². The van der Waals surface area contributed by atoms with Gasteiger partial charge in [0.05, 0.1) is 13.2 Å². The number of amides is 2. The number of aromatic nitrogens is 2. The molecule has 3 rings (SSSR count). The number of esters is 1. The van der Waals surface area contributed by atoms with Gasteiger partial charge in [-0.1, -0.05) is 32.0 Å². The Morgan fingerprint density at radius 2 is 2.00 bits per heavy atom. The lowest BCUT2D eigenvalue weighted by Gasteiger charge is -2.43. The smallest absolute Gasteiger partial charge is 0.358 e. The third-order valence-corrected chi connectivity index (χ3v) is 5.49. The number of hydrogen-bond donors (Lipinski definition) is 1. The molecular weight excluding hydrogens is 396 g/mol. The lowest BCUT2D eigenvalue weighted by atomic mass is 9.93. The number of ether oxygens (including phenoxy) is 1. The van der Waals surface area contributed by atoms with Gasteiger partial charge in [-0.3, -0.25) is 19.2 Å². The first-order chi connectivity index (χ1) is 14.7. The third-order valence-electron chi connectivity index (χ3n) is 5.49. The Morgan fingerprint density at radius 1 is 1.29 bits per heavy atom. The molecule has 2 amide bonds. The zero-order valence-corrected chi connectivity index (χ0v) is 18.8. The molecule has 0 aliphatic carbocycles. The normalized spacial score (nSPS) is 18.1. The Bertz CT molecular complexity index is 997. The number of carbonyl (C=O) groups excluding carboxylic acids is 3. The van der Waals surface area contributed by atoms with Gasteiger partial charge in [-0.15, -0.1) is 0 Å². The summed E-state index contributed by atoms with van der Waals surface area (Å²) in [5.74, 6) is -0.796. The number of nitrogens with one attached hydrogen (secondary N) is 1. The highest BCUT2D eigenvalue weighted by Gasteiger charge is 2.49. The highest BCUT2D eigenvalue weighted by Crippen LogP contribution is 2.34. The van der Waals surface area contributed by atoms with Gasteiger partial charge in [-0.05, 0) is 44.7 Å². The molecule has 0 radical (unpaired) electrons. The molecule has 0 saturated heterocycles. The summed E-state index contributed by atoms with van der Waals surface area (Å²) in [7, 11) is 0. The topological polar surface area (TPSA) is 93.5 Å². The molecule has 31 heavy (non-hydrogen) atoms. The Hall–Kier alpha value is -3.16. The van der Waals surface area contributed by atoms with E-state index >= 15 is 0 Å². The molecule has 1 aliphatic rings. The number of rotatable bonds is 7. The average Bonchev–Trinajstić information content (AvgIpc) is 3.13. The molecule has 1 aromatic carbocycles. The van der Waals surface area contributed by atoms with Crippen LogP contribution in [0.1, 0.15) is 60.7 Å². The maximum atomic E-state index is 13.6. The van der Waals surface area contributed by atoms with Crippen LogP contribution in [0.2, 0.25) is 0 Å². The molecule has 0 bridgehead atoms. The number of carbonyl (C=O) groups is 3. The summed E-state index contributed by atoms with van der Waals surface area (Å²) in [6.07, 6.45) is 0.833. The fraction of sp³-hybridized carbons (Fsp3) is 0.478. The molecule has 1 N–H and O–H groups in total. The van der Waals surface area contributed by atoms with Gasteiger partial charge in [0.25, 0.3) is 5.91 Å². The van der Waals surface area contributed by atoms with E-state index in [1.54, 1.807) is 13.8 Å². The fourth-order valence-corrected chi connectivity index (χ4v) is 3.74. The molecule has 1 aromatic heterocycles. The Balaban J connectivity index is 2.05. The summed E-state index contributed by atoms with van der Waals surface area (Å²) in [5.41, 5.74) is 0.610. The van der Waals surface area contributed by atoms with Gasteiger partial charge in [-0.2, -0.15) is 5.10 Å². The van der Waals surface area contributed by atoms with E-state index in [-0.39, 0.29) is 36.4 Å². The minimum absolute atomic E-state index is 0.0550. The third kappa shape index (κ3) is 4.33. The van der Waals surface area contributed by atoms with Crippen LogP contribution in [0.25, 0.3) is 0 Å². The molecular formula is C23H30N4O4. The highest BCUT2D eigenvalue weighted by molar-refractivity contribution is 6.12. The highest BCUT2D eigenvalue weighted by atomic mass is 16.5. The fourth-order valence-electron chi connectivity index (χ4n) is 3.74. The van der Waals surface area contributed by atoms with Crippen molar-refractivity contribution in [3.63, 3.8) is 0 Å². The molecule has 0 unspecified atom stereocenters. The van der Waals surface area contributed by atoms with Gasteiger partial charge < -0.3 is 10.1 Å². The van der Waals surface area contributed by atoms with E-state index in [0.29, 0.717) is 18.2 Å². The van der Waals surface area contributed by atoms with Crippen LogP contribution in [0.4, 0.5) is 5.69 Å². The van der Waals surface area contributed by atoms with Gasteiger partial charge in [0.2, 0.25) is 5.91 Å². The molecule has 2 heterocycles. The van der Waals surface area contributed by atoms with Gasteiger partial charge in [0.15, 0.2) is 5.69 Å². The van der Waals surface area contributed by atoms with Crippen molar-refractivity contribution >= 4 is 23.5 Å². The van der Waals surface area contributed by atoms with Crippen LogP contribution in [0, 0.1) is 12.8 Å². The lowest BCUT2D eigenvalue weighted by Crippen LogP contribution is -2.64. The summed E-state index contributed by atoms with van der Waals surface area (Å²) in [6, 6.07) is 8.88.